The summed E-state index contributed by atoms with van der Waals surface area (Å²) in [7, 11) is 5.60. The molecular weight excluding hydrogens is 288 g/mol. The second-order valence-corrected chi connectivity index (χ2v) is 6.46. The lowest BCUT2D eigenvalue weighted by Gasteiger charge is -2.34. The fraction of sp³-hybridized carbons (Fsp3) is 0.611. The molecule has 1 fully saturated rings. The van der Waals surface area contributed by atoms with Gasteiger partial charge < -0.3 is 15.1 Å². The minimum atomic E-state index is 0.230. The van der Waals surface area contributed by atoms with Gasteiger partial charge in [-0.05, 0) is 30.7 Å². The van der Waals surface area contributed by atoms with Gasteiger partial charge in [0.05, 0.1) is 0 Å². The zero-order valence-electron chi connectivity index (χ0n) is 14.7. The number of nitrogens with zero attached hydrogens (tertiary/aromatic N) is 3. The van der Waals surface area contributed by atoms with Crippen molar-refractivity contribution in [2.75, 3.05) is 59.2 Å². The number of hydrogen-bond donors (Lipinski definition) is 1. The maximum absolute atomic E-state index is 11.6. The van der Waals surface area contributed by atoms with Crippen LogP contribution in [-0.4, -0.2) is 74.5 Å². The molecule has 0 spiro atoms. The standard InChI is InChI=1S/C18H30N4O/c1-19-17-7-4-6-16(14-17)15-22-12-10-21(11-13-22)9-5-8-18(23)20(2)3/h4,6-7,14,19H,5,8-13,15H2,1-3H3. The molecule has 1 amide bonds. The van der Waals surface area contributed by atoms with Gasteiger partial charge in [0, 0.05) is 66.0 Å². The van der Waals surface area contributed by atoms with Gasteiger partial charge in [-0.15, -0.1) is 0 Å². The summed E-state index contributed by atoms with van der Waals surface area (Å²) in [4.78, 5) is 18.2. The maximum atomic E-state index is 11.6. The number of amides is 1. The van der Waals surface area contributed by atoms with Gasteiger partial charge in [-0.25, -0.2) is 0 Å². The van der Waals surface area contributed by atoms with Crippen molar-refractivity contribution < 1.29 is 4.79 Å². The van der Waals surface area contributed by atoms with Gasteiger partial charge in [0.1, 0.15) is 0 Å². The molecule has 1 heterocycles. The Hall–Kier alpha value is -1.59. The molecule has 0 aliphatic carbocycles. The predicted molar refractivity (Wildman–Crippen MR) is 95.6 cm³/mol. The Morgan fingerprint density at radius 2 is 1.87 bits per heavy atom. The van der Waals surface area contributed by atoms with Crippen molar-refractivity contribution in [2.45, 2.75) is 19.4 Å². The van der Waals surface area contributed by atoms with E-state index in [4.69, 9.17) is 0 Å². The molecule has 1 aliphatic rings. The van der Waals surface area contributed by atoms with Gasteiger partial charge in [0.2, 0.25) is 5.91 Å². The van der Waals surface area contributed by atoms with E-state index >= 15 is 0 Å². The Labute approximate surface area is 140 Å². The molecule has 0 saturated carbocycles. The summed E-state index contributed by atoms with van der Waals surface area (Å²) in [5.74, 6) is 0.230. The summed E-state index contributed by atoms with van der Waals surface area (Å²) in [5.41, 5.74) is 2.54. The first kappa shape index (κ1) is 17.8. The SMILES string of the molecule is CNc1cccc(CN2CCN(CCCC(=O)N(C)C)CC2)c1. The first-order chi connectivity index (χ1) is 11.1. The average molecular weight is 318 g/mol. The number of rotatable bonds is 7. The summed E-state index contributed by atoms with van der Waals surface area (Å²) >= 11 is 0. The van der Waals surface area contributed by atoms with E-state index in [1.807, 2.05) is 21.1 Å². The topological polar surface area (TPSA) is 38.8 Å². The van der Waals surface area contributed by atoms with Crippen LogP contribution in [0.15, 0.2) is 24.3 Å². The minimum absolute atomic E-state index is 0.230. The average Bonchev–Trinajstić information content (AvgIpc) is 2.56. The number of piperazine rings is 1. The molecule has 0 radical (unpaired) electrons. The van der Waals surface area contributed by atoms with Crippen molar-refractivity contribution in [1.29, 1.82) is 0 Å². The van der Waals surface area contributed by atoms with Crippen LogP contribution >= 0.6 is 0 Å². The number of carbonyl (C=O) groups excluding carboxylic acids is 1. The lowest BCUT2D eigenvalue weighted by atomic mass is 10.1. The number of carbonyl (C=O) groups is 1. The predicted octanol–water partition coefficient (Wildman–Crippen LogP) is 1.71. The molecule has 1 saturated heterocycles. The molecule has 0 aromatic heterocycles. The normalized spacial score (nSPS) is 16.3. The van der Waals surface area contributed by atoms with Gasteiger partial charge in [-0.3, -0.25) is 9.69 Å². The lowest BCUT2D eigenvalue weighted by Crippen LogP contribution is -2.46. The van der Waals surface area contributed by atoms with Crippen LogP contribution < -0.4 is 5.32 Å². The summed E-state index contributed by atoms with van der Waals surface area (Å²) in [5, 5.41) is 3.19. The largest absolute Gasteiger partial charge is 0.388 e. The smallest absolute Gasteiger partial charge is 0.222 e. The van der Waals surface area contributed by atoms with E-state index in [-0.39, 0.29) is 5.91 Å². The molecule has 5 nitrogen and oxygen atoms in total. The fourth-order valence-corrected chi connectivity index (χ4v) is 2.93. The molecule has 1 aromatic rings. The quantitative estimate of drug-likeness (QED) is 0.831. The van der Waals surface area contributed by atoms with Crippen molar-refractivity contribution >= 4 is 11.6 Å². The van der Waals surface area contributed by atoms with Gasteiger partial charge in [-0.1, -0.05) is 12.1 Å². The molecule has 128 valence electrons. The van der Waals surface area contributed by atoms with Gasteiger partial charge in [-0.2, -0.15) is 0 Å². The Balaban J connectivity index is 1.68. The highest BCUT2D eigenvalue weighted by molar-refractivity contribution is 5.75. The Kier molecular flexibility index (Phi) is 6.86. The molecule has 1 N–H and O–H groups in total. The van der Waals surface area contributed by atoms with Crippen LogP contribution in [0.1, 0.15) is 18.4 Å². The van der Waals surface area contributed by atoms with Crippen LogP contribution in [0.4, 0.5) is 5.69 Å². The summed E-state index contributed by atoms with van der Waals surface area (Å²) < 4.78 is 0. The van der Waals surface area contributed by atoms with E-state index < -0.39 is 0 Å². The van der Waals surface area contributed by atoms with Crippen molar-refractivity contribution in [3.05, 3.63) is 29.8 Å². The summed E-state index contributed by atoms with van der Waals surface area (Å²) in [6.45, 7) is 6.45. The van der Waals surface area contributed by atoms with E-state index in [0.717, 1.165) is 45.7 Å². The molecule has 2 rings (SSSR count). The Morgan fingerprint density at radius 3 is 2.52 bits per heavy atom. The number of nitrogens with one attached hydrogen (secondary N) is 1. The van der Waals surface area contributed by atoms with E-state index in [9.17, 15) is 4.79 Å². The molecule has 0 unspecified atom stereocenters. The molecule has 0 bridgehead atoms. The number of anilines is 1. The first-order valence-electron chi connectivity index (χ1n) is 8.50. The fourth-order valence-electron chi connectivity index (χ4n) is 2.93. The molecule has 23 heavy (non-hydrogen) atoms. The zero-order chi connectivity index (χ0) is 16.7. The van der Waals surface area contributed by atoms with Gasteiger partial charge in [0.25, 0.3) is 0 Å². The van der Waals surface area contributed by atoms with Crippen LogP contribution in [0, 0.1) is 0 Å². The molecule has 5 heteroatoms. The summed E-state index contributed by atoms with van der Waals surface area (Å²) in [6, 6.07) is 8.62. The van der Waals surface area contributed by atoms with E-state index in [2.05, 4.69) is 39.4 Å². The van der Waals surface area contributed by atoms with Crippen LogP contribution in [0.25, 0.3) is 0 Å². The van der Waals surface area contributed by atoms with Gasteiger partial charge in [0.15, 0.2) is 0 Å². The van der Waals surface area contributed by atoms with E-state index in [0.29, 0.717) is 6.42 Å². The van der Waals surface area contributed by atoms with Gasteiger partial charge >= 0.3 is 0 Å². The lowest BCUT2D eigenvalue weighted by molar-refractivity contribution is -0.128. The van der Waals surface area contributed by atoms with Crippen LogP contribution in [0.3, 0.4) is 0 Å². The first-order valence-corrected chi connectivity index (χ1v) is 8.50. The highest BCUT2D eigenvalue weighted by Crippen LogP contribution is 2.13. The van der Waals surface area contributed by atoms with Crippen molar-refractivity contribution in [3.8, 4) is 0 Å². The van der Waals surface area contributed by atoms with Crippen molar-refractivity contribution in [2.24, 2.45) is 0 Å². The van der Waals surface area contributed by atoms with E-state index in [1.165, 1.54) is 11.3 Å². The third kappa shape index (κ3) is 5.84. The maximum Gasteiger partial charge on any atom is 0.222 e. The van der Waals surface area contributed by atoms with Crippen LogP contribution in [-0.2, 0) is 11.3 Å². The monoisotopic (exact) mass is 318 g/mol. The second-order valence-electron chi connectivity index (χ2n) is 6.46. The molecular formula is C18H30N4O. The highest BCUT2D eigenvalue weighted by atomic mass is 16.2. The third-order valence-corrected chi connectivity index (χ3v) is 4.45. The molecule has 0 atom stereocenters. The van der Waals surface area contributed by atoms with Crippen molar-refractivity contribution in [1.82, 2.24) is 14.7 Å². The minimum Gasteiger partial charge on any atom is -0.388 e. The molecule has 1 aliphatic heterocycles. The second kappa shape index (κ2) is 8.89. The number of hydrogen-bond acceptors (Lipinski definition) is 4. The molecule has 1 aromatic carbocycles. The van der Waals surface area contributed by atoms with Crippen LogP contribution in [0.5, 0.6) is 0 Å². The third-order valence-electron chi connectivity index (χ3n) is 4.45. The Bertz CT molecular complexity index is 496. The zero-order valence-corrected chi connectivity index (χ0v) is 14.7. The van der Waals surface area contributed by atoms with E-state index in [1.54, 1.807) is 4.90 Å². The van der Waals surface area contributed by atoms with Crippen molar-refractivity contribution in [3.63, 3.8) is 0 Å². The van der Waals surface area contributed by atoms with Crippen LogP contribution in [0.2, 0.25) is 0 Å². The Morgan fingerprint density at radius 1 is 1.17 bits per heavy atom. The summed E-state index contributed by atoms with van der Waals surface area (Å²) in [6.07, 6.45) is 1.62. The number of benzene rings is 1. The highest BCUT2D eigenvalue weighted by Gasteiger charge is 2.17.